The maximum atomic E-state index is 14.4. The summed E-state index contributed by atoms with van der Waals surface area (Å²) in [4.78, 5) is 11.4. The molecule has 13 heteroatoms. The number of methoxy groups -OCH3 is 1. The molecule has 0 aliphatic carbocycles. The van der Waals surface area contributed by atoms with Gasteiger partial charge in [-0.1, -0.05) is 6.07 Å². The van der Waals surface area contributed by atoms with E-state index in [4.69, 9.17) is 9.47 Å². The Hall–Kier alpha value is -3.48. The third-order valence-corrected chi connectivity index (χ3v) is 4.49. The van der Waals surface area contributed by atoms with Gasteiger partial charge in [0.1, 0.15) is 29.5 Å². The molecule has 3 aromatic rings. The van der Waals surface area contributed by atoms with E-state index in [0.29, 0.717) is 0 Å². The van der Waals surface area contributed by atoms with E-state index in [2.05, 4.69) is 19.7 Å². The van der Waals surface area contributed by atoms with Crippen LogP contribution in [0.2, 0.25) is 0 Å². The van der Waals surface area contributed by atoms with Crippen molar-refractivity contribution in [2.75, 3.05) is 18.1 Å². The molecule has 0 radical (unpaired) electrons. The van der Waals surface area contributed by atoms with Gasteiger partial charge in [-0.15, -0.1) is 0 Å². The van der Waals surface area contributed by atoms with E-state index in [1.54, 1.807) is 0 Å². The number of sulfonamides is 1. The molecule has 0 saturated carbocycles. The summed E-state index contributed by atoms with van der Waals surface area (Å²) in [7, 11) is -2.39. The lowest BCUT2D eigenvalue weighted by atomic mass is 10.1. The van der Waals surface area contributed by atoms with Crippen LogP contribution in [0.1, 0.15) is 11.4 Å². The van der Waals surface area contributed by atoms with Crippen molar-refractivity contribution in [3.8, 4) is 23.0 Å². The maximum absolute atomic E-state index is 14.4. The average Bonchev–Trinajstić information content (AvgIpc) is 2.71. The van der Waals surface area contributed by atoms with Crippen LogP contribution in [0.25, 0.3) is 11.3 Å². The number of aromatic nitrogens is 3. The molecule has 1 N–H and O–H groups in total. The van der Waals surface area contributed by atoms with E-state index in [1.165, 1.54) is 37.6 Å². The van der Waals surface area contributed by atoms with Crippen molar-refractivity contribution in [2.24, 2.45) is 0 Å². The molecule has 0 fully saturated rings. The molecule has 0 spiro atoms. The lowest BCUT2D eigenvalue weighted by molar-refractivity contribution is -0.141. The highest BCUT2D eigenvalue weighted by molar-refractivity contribution is 7.92. The summed E-state index contributed by atoms with van der Waals surface area (Å²) < 4.78 is 88.5. The summed E-state index contributed by atoms with van der Waals surface area (Å²) in [5.74, 6) is -0.886. The fourth-order valence-electron chi connectivity index (χ4n) is 2.59. The van der Waals surface area contributed by atoms with Crippen LogP contribution in [-0.4, -0.2) is 36.7 Å². The highest BCUT2D eigenvalue weighted by Gasteiger charge is 2.32. The number of pyridine rings is 3. The fraction of sp³-hybridized carbons (Fsp3) is 0.211. The molecule has 8 nitrogen and oxygen atoms in total. The molecule has 0 aromatic carbocycles. The highest BCUT2D eigenvalue weighted by Crippen LogP contribution is 2.31. The van der Waals surface area contributed by atoms with Gasteiger partial charge >= 0.3 is 6.18 Å². The summed E-state index contributed by atoms with van der Waals surface area (Å²) in [6.45, 7) is -0.344. The second kappa shape index (κ2) is 8.94. The Bertz CT molecular complexity index is 1240. The zero-order valence-electron chi connectivity index (χ0n) is 16.6. The number of halogens is 4. The van der Waals surface area contributed by atoms with Gasteiger partial charge < -0.3 is 9.47 Å². The molecule has 0 saturated heterocycles. The van der Waals surface area contributed by atoms with Gasteiger partial charge in [0.2, 0.25) is 21.8 Å². The minimum atomic E-state index is -4.60. The second-order valence-electron chi connectivity index (χ2n) is 6.44. The van der Waals surface area contributed by atoms with Crippen LogP contribution < -0.4 is 14.2 Å². The molecule has 3 rings (SSSR count). The molecular weight excluding hydrogens is 456 g/mol. The monoisotopic (exact) mass is 472 g/mol. The van der Waals surface area contributed by atoms with Crippen LogP contribution >= 0.6 is 0 Å². The normalized spacial score (nSPS) is 11.8. The number of anilines is 1. The Morgan fingerprint density at radius 2 is 1.88 bits per heavy atom. The highest BCUT2D eigenvalue weighted by atomic mass is 32.2. The van der Waals surface area contributed by atoms with E-state index < -0.39 is 27.7 Å². The predicted octanol–water partition coefficient (Wildman–Crippen LogP) is 3.66. The zero-order valence-corrected chi connectivity index (χ0v) is 17.5. The smallest absolute Gasteiger partial charge is 0.433 e. The molecule has 0 amide bonds. The van der Waals surface area contributed by atoms with E-state index >= 15 is 0 Å². The maximum Gasteiger partial charge on any atom is 0.433 e. The molecule has 3 aromatic heterocycles. The van der Waals surface area contributed by atoms with Gasteiger partial charge in [0.15, 0.2) is 0 Å². The van der Waals surface area contributed by atoms with Crippen LogP contribution in [0.4, 0.5) is 23.2 Å². The molecule has 0 aliphatic heterocycles. The van der Waals surface area contributed by atoms with Crippen molar-refractivity contribution in [3.05, 3.63) is 59.8 Å². The number of nitrogens with zero attached hydrogens (tertiary/aromatic N) is 3. The Morgan fingerprint density at radius 3 is 2.53 bits per heavy atom. The van der Waals surface area contributed by atoms with Crippen molar-refractivity contribution in [3.63, 3.8) is 0 Å². The Kier molecular flexibility index (Phi) is 6.48. The van der Waals surface area contributed by atoms with Crippen LogP contribution in [0, 0.1) is 5.82 Å². The van der Waals surface area contributed by atoms with E-state index in [-0.39, 0.29) is 41.0 Å². The van der Waals surface area contributed by atoms with Crippen LogP contribution in [0.3, 0.4) is 0 Å². The van der Waals surface area contributed by atoms with Gasteiger partial charge in [-0.25, -0.2) is 27.8 Å². The van der Waals surface area contributed by atoms with Crippen LogP contribution in [0.15, 0.2) is 42.6 Å². The van der Waals surface area contributed by atoms with Gasteiger partial charge in [0.25, 0.3) is 0 Å². The fourth-order valence-corrected chi connectivity index (χ4v) is 3.14. The summed E-state index contributed by atoms with van der Waals surface area (Å²) in [5.41, 5.74) is -1.21. The SMILES string of the molecule is COc1ncc(-c2nc(OCc3cccc(C(F)(F)F)n3)ccc2F)cc1NS(C)(=O)=O. The van der Waals surface area contributed by atoms with Crippen LogP contribution in [0.5, 0.6) is 11.8 Å². The summed E-state index contributed by atoms with van der Waals surface area (Å²) in [5, 5.41) is 0. The van der Waals surface area contributed by atoms with Crippen molar-refractivity contribution in [1.29, 1.82) is 0 Å². The molecule has 0 unspecified atom stereocenters. The zero-order chi connectivity index (χ0) is 23.5. The molecule has 0 atom stereocenters. The van der Waals surface area contributed by atoms with Crippen LogP contribution in [-0.2, 0) is 22.8 Å². The topological polar surface area (TPSA) is 103 Å². The third-order valence-electron chi connectivity index (χ3n) is 3.90. The number of ether oxygens (including phenoxy) is 2. The Balaban J connectivity index is 1.87. The van der Waals surface area contributed by atoms with Crippen molar-refractivity contribution < 1.29 is 35.5 Å². The Labute approximate surface area is 180 Å². The summed E-state index contributed by atoms with van der Waals surface area (Å²) >= 11 is 0. The molecule has 170 valence electrons. The third kappa shape index (κ3) is 5.81. The standard InChI is InChI=1S/C19H16F4N4O4S/c1-30-18-14(27-32(2,28)29)8-11(9-24-18)17-13(20)6-7-16(26-17)31-10-12-4-3-5-15(25-12)19(21,22)23/h3-9,27H,10H2,1-2H3. The largest absolute Gasteiger partial charge is 0.480 e. The van der Waals surface area contributed by atoms with E-state index in [1.807, 2.05) is 0 Å². The molecule has 0 aliphatic rings. The molecule has 32 heavy (non-hydrogen) atoms. The second-order valence-corrected chi connectivity index (χ2v) is 8.18. The van der Waals surface area contributed by atoms with E-state index in [9.17, 15) is 26.0 Å². The van der Waals surface area contributed by atoms with Gasteiger partial charge in [-0.2, -0.15) is 13.2 Å². The summed E-state index contributed by atoms with van der Waals surface area (Å²) in [6.07, 6.45) is -2.46. The van der Waals surface area contributed by atoms with E-state index in [0.717, 1.165) is 18.4 Å². The number of hydrogen-bond donors (Lipinski definition) is 1. The molecule has 0 bridgehead atoms. The molecular formula is C19H16F4N4O4S. The molecule has 3 heterocycles. The first kappa shape index (κ1) is 23.2. The first-order valence-electron chi connectivity index (χ1n) is 8.81. The Morgan fingerprint density at radius 1 is 1.12 bits per heavy atom. The predicted molar refractivity (Wildman–Crippen MR) is 106 cm³/mol. The lowest BCUT2D eigenvalue weighted by Crippen LogP contribution is -2.11. The minimum absolute atomic E-state index is 0.00162. The van der Waals surface area contributed by atoms with Crippen molar-refractivity contribution in [2.45, 2.75) is 12.8 Å². The van der Waals surface area contributed by atoms with Gasteiger partial charge in [-0.3, -0.25) is 4.72 Å². The quantitative estimate of drug-likeness (QED) is 0.524. The van der Waals surface area contributed by atoms with Gasteiger partial charge in [0, 0.05) is 17.8 Å². The number of rotatable bonds is 7. The summed E-state index contributed by atoms with van der Waals surface area (Å²) in [6, 6.07) is 6.88. The van der Waals surface area contributed by atoms with Gasteiger partial charge in [-0.05, 0) is 24.3 Å². The van der Waals surface area contributed by atoms with Crippen molar-refractivity contribution in [1.82, 2.24) is 15.0 Å². The number of nitrogens with one attached hydrogen (secondary N) is 1. The first-order valence-corrected chi connectivity index (χ1v) is 10.7. The minimum Gasteiger partial charge on any atom is -0.480 e. The first-order chi connectivity index (χ1) is 15.0. The lowest BCUT2D eigenvalue weighted by Gasteiger charge is -2.12. The number of alkyl halides is 3. The average molecular weight is 472 g/mol. The number of hydrogen-bond acceptors (Lipinski definition) is 7. The van der Waals surface area contributed by atoms with Crippen molar-refractivity contribution >= 4 is 15.7 Å². The van der Waals surface area contributed by atoms with Gasteiger partial charge in [0.05, 0.1) is 19.1 Å².